The number of thiophene rings is 1. The number of hydrogen-bond donors (Lipinski definition) is 1. The van der Waals surface area contributed by atoms with Crippen LogP contribution in [0.3, 0.4) is 0 Å². The van der Waals surface area contributed by atoms with Crippen molar-refractivity contribution in [2.45, 2.75) is 75.8 Å². The van der Waals surface area contributed by atoms with Crippen molar-refractivity contribution in [3.63, 3.8) is 0 Å². The van der Waals surface area contributed by atoms with Gasteiger partial charge in [0.1, 0.15) is 10.7 Å². The van der Waals surface area contributed by atoms with Gasteiger partial charge in [-0.3, -0.25) is 4.79 Å². The van der Waals surface area contributed by atoms with Crippen LogP contribution in [-0.2, 0) is 4.79 Å². The van der Waals surface area contributed by atoms with Crippen molar-refractivity contribution in [2.75, 3.05) is 29.4 Å². The molecule has 6 rings (SSSR count). The minimum absolute atomic E-state index is 0.0365. The number of pyridine rings is 1. The maximum Gasteiger partial charge on any atom is 0.348 e. The number of piperazine rings is 1. The molecule has 0 bridgehead atoms. The third-order valence-corrected chi connectivity index (χ3v) is 11.0. The van der Waals surface area contributed by atoms with Gasteiger partial charge in [-0.15, -0.1) is 11.3 Å². The number of amides is 1. The largest absolute Gasteiger partial charge is 0.477 e. The molecule has 3 fully saturated rings. The van der Waals surface area contributed by atoms with E-state index in [1.165, 1.54) is 30.6 Å². The highest BCUT2D eigenvalue weighted by Crippen LogP contribution is 2.42. The fourth-order valence-electron chi connectivity index (χ4n) is 6.62. The van der Waals surface area contributed by atoms with E-state index in [1.54, 1.807) is 11.9 Å². The normalized spacial score (nSPS) is 22.4. The number of aromatic carboxylic acids is 1. The highest BCUT2D eigenvalue weighted by atomic mass is 32.2. The molecule has 1 amide bonds. The Morgan fingerprint density at radius 1 is 1.05 bits per heavy atom. The summed E-state index contributed by atoms with van der Waals surface area (Å²) in [5.74, 6) is 0.348. The molecule has 7 nitrogen and oxygen atoms in total. The third kappa shape index (κ3) is 6.03. The number of aryl methyl sites for hydroxylation is 1. The molecule has 2 saturated heterocycles. The summed E-state index contributed by atoms with van der Waals surface area (Å²) in [4.78, 5) is 37.5. The Labute approximate surface area is 250 Å². The molecule has 1 aliphatic carbocycles. The lowest BCUT2D eigenvalue weighted by Gasteiger charge is -2.45. The minimum Gasteiger partial charge on any atom is -0.477 e. The Hall–Kier alpha value is -2.88. The number of rotatable bonds is 7. The van der Waals surface area contributed by atoms with Crippen LogP contribution in [0.1, 0.15) is 67.1 Å². The number of aromatic nitrogens is 1. The number of benzene rings is 1. The molecule has 0 spiro atoms. The second-order valence-electron chi connectivity index (χ2n) is 11.7. The van der Waals surface area contributed by atoms with E-state index in [1.807, 2.05) is 48.4 Å². The zero-order chi connectivity index (χ0) is 28.5. The van der Waals surface area contributed by atoms with Gasteiger partial charge in [0.25, 0.3) is 0 Å². The standard InChI is InChI=1S/C32H38N4O3S2/c1-21-10-12-24(13-11-21)28-17-26(31(40-28)32(38)39)36-27(23-8-4-3-5-9-23)19-34(20-30(36)37)41-25-14-15-29(33-18-25)35-16-6-7-22(35)2/h10-15,17-18,22-23,27H,3-9,16,19-20H2,1-2H3,(H,38,39)/t22-,27?/m1/s1. The summed E-state index contributed by atoms with van der Waals surface area (Å²) in [6.07, 6.45) is 9.99. The van der Waals surface area contributed by atoms with E-state index in [-0.39, 0.29) is 23.4 Å². The number of hydrogen-bond acceptors (Lipinski definition) is 7. The number of carbonyl (C=O) groups excluding carboxylic acids is 1. The fraction of sp³-hybridized carbons (Fsp3) is 0.469. The number of carboxylic acids is 1. The first kappa shape index (κ1) is 28.2. The molecule has 41 heavy (non-hydrogen) atoms. The minimum atomic E-state index is -0.978. The Balaban J connectivity index is 1.27. The second kappa shape index (κ2) is 12.2. The van der Waals surface area contributed by atoms with Crippen LogP contribution in [0.15, 0.2) is 53.6 Å². The Bertz CT molecular complexity index is 1380. The molecule has 2 aliphatic heterocycles. The molecule has 1 N–H and O–H groups in total. The summed E-state index contributed by atoms with van der Waals surface area (Å²) in [7, 11) is 0. The van der Waals surface area contributed by atoms with Gasteiger partial charge in [-0.2, -0.15) is 0 Å². The van der Waals surface area contributed by atoms with Gasteiger partial charge in [-0.1, -0.05) is 49.1 Å². The maximum absolute atomic E-state index is 13.9. The van der Waals surface area contributed by atoms with Crippen molar-refractivity contribution >= 4 is 46.7 Å². The molecule has 3 aromatic rings. The van der Waals surface area contributed by atoms with E-state index >= 15 is 0 Å². The molecule has 1 aromatic carbocycles. The third-order valence-electron chi connectivity index (χ3n) is 8.80. The Morgan fingerprint density at radius 3 is 2.49 bits per heavy atom. The molecule has 4 heterocycles. The number of anilines is 2. The quantitative estimate of drug-likeness (QED) is 0.294. The van der Waals surface area contributed by atoms with E-state index in [0.717, 1.165) is 58.9 Å². The van der Waals surface area contributed by atoms with Crippen molar-refractivity contribution in [3.8, 4) is 10.4 Å². The van der Waals surface area contributed by atoms with Crippen LogP contribution < -0.4 is 9.80 Å². The molecular formula is C32H38N4O3S2. The molecule has 2 atom stereocenters. The van der Waals surface area contributed by atoms with E-state index in [0.29, 0.717) is 24.2 Å². The summed E-state index contributed by atoms with van der Waals surface area (Å²) in [5, 5.41) is 10.2. The van der Waals surface area contributed by atoms with Crippen LogP contribution in [-0.4, -0.2) is 58.0 Å². The predicted molar refractivity (Wildman–Crippen MR) is 167 cm³/mol. The fourth-order valence-corrected chi connectivity index (χ4v) is 8.54. The van der Waals surface area contributed by atoms with Crippen molar-refractivity contribution in [1.29, 1.82) is 0 Å². The van der Waals surface area contributed by atoms with E-state index in [2.05, 4.69) is 28.3 Å². The van der Waals surface area contributed by atoms with Crippen LogP contribution in [0.4, 0.5) is 11.5 Å². The van der Waals surface area contributed by atoms with Gasteiger partial charge in [-0.05, 0) is 81.2 Å². The number of nitrogens with zero attached hydrogens (tertiary/aromatic N) is 4. The Morgan fingerprint density at radius 2 is 1.83 bits per heavy atom. The molecule has 0 radical (unpaired) electrons. The van der Waals surface area contributed by atoms with Gasteiger partial charge in [0.05, 0.1) is 18.3 Å². The topological polar surface area (TPSA) is 77.0 Å². The summed E-state index contributed by atoms with van der Waals surface area (Å²) >= 11 is 2.85. The highest BCUT2D eigenvalue weighted by Gasteiger charge is 2.41. The van der Waals surface area contributed by atoms with Crippen LogP contribution in [0, 0.1) is 12.8 Å². The lowest BCUT2D eigenvalue weighted by atomic mass is 9.82. The zero-order valence-corrected chi connectivity index (χ0v) is 25.4. The number of carboxylic acid groups (broad SMARTS) is 1. The van der Waals surface area contributed by atoms with Gasteiger partial charge in [-0.25, -0.2) is 14.1 Å². The van der Waals surface area contributed by atoms with Crippen LogP contribution in [0.2, 0.25) is 0 Å². The van der Waals surface area contributed by atoms with Crippen molar-refractivity contribution in [1.82, 2.24) is 9.29 Å². The van der Waals surface area contributed by atoms with Crippen LogP contribution in [0.25, 0.3) is 10.4 Å². The van der Waals surface area contributed by atoms with E-state index in [9.17, 15) is 14.7 Å². The average molecular weight is 591 g/mol. The summed E-state index contributed by atoms with van der Waals surface area (Å²) in [6.45, 7) is 6.26. The molecular weight excluding hydrogens is 553 g/mol. The monoisotopic (exact) mass is 590 g/mol. The zero-order valence-electron chi connectivity index (χ0n) is 23.8. The maximum atomic E-state index is 13.9. The van der Waals surface area contributed by atoms with Gasteiger partial charge in [0.2, 0.25) is 5.91 Å². The molecule has 3 aliphatic rings. The van der Waals surface area contributed by atoms with Gasteiger partial charge >= 0.3 is 5.97 Å². The first-order valence-electron chi connectivity index (χ1n) is 14.8. The van der Waals surface area contributed by atoms with Crippen molar-refractivity contribution < 1.29 is 14.7 Å². The second-order valence-corrected chi connectivity index (χ2v) is 13.9. The average Bonchev–Trinajstić information content (AvgIpc) is 3.61. The van der Waals surface area contributed by atoms with E-state index < -0.39 is 5.97 Å². The summed E-state index contributed by atoms with van der Waals surface area (Å²) in [5.41, 5.74) is 2.68. The molecule has 216 valence electrons. The molecule has 1 saturated carbocycles. The lowest BCUT2D eigenvalue weighted by Crippen LogP contribution is -2.58. The SMILES string of the molecule is Cc1ccc(-c2cc(N3C(=O)CN(Sc4ccc(N5CCC[C@H]5C)nc4)CC3C3CCCCC3)c(C(=O)O)s2)cc1. The van der Waals surface area contributed by atoms with Crippen LogP contribution >= 0.6 is 23.3 Å². The van der Waals surface area contributed by atoms with Crippen molar-refractivity contribution in [2.24, 2.45) is 5.92 Å². The molecule has 1 unspecified atom stereocenters. The summed E-state index contributed by atoms with van der Waals surface area (Å²) < 4.78 is 2.15. The molecule has 2 aromatic heterocycles. The number of carbonyl (C=O) groups is 2. The first-order valence-corrected chi connectivity index (χ1v) is 16.4. The van der Waals surface area contributed by atoms with Crippen molar-refractivity contribution in [3.05, 3.63) is 59.1 Å². The van der Waals surface area contributed by atoms with Crippen LogP contribution in [0.5, 0.6) is 0 Å². The molecule has 9 heteroatoms. The van der Waals surface area contributed by atoms with Gasteiger partial charge in [0.15, 0.2) is 0 Å². The predicted octanol–water partition coefficient (Wildman–Crippen LogP) is 7.11. The van der Waals surface area contributed by atoms with E-state index in [4.69, 9.17) is 4.98 Å². The van der Waals surface area contributed by atoms with Gasteiger partial charge < -0.3 is 14.9 Å². The first-order chi connectivity index (χ1) is 19.9. The summed E-state index contributed by atoms with van der Waals surface area (Å²) in [6, 6.07) is 14.7. The van der Waals surface area contributed by atoms with Gasteiger partial charge in [0, 0.05) is 35.1 Å². The lowest BCUT2D eigenvalue weighted by molar-refractivity contribution is -0.121. The highest BCUT2D eigenvalue weighted by molar-refractivity contribution is 7.97. The Kier molecular flexibility index (Phi) is 8.38. The smallest absolute Gasteiger partial charge is 0.348 e.